The average Bonchev–Trinajstić information content (AvgIpc) is 2.63. The Morgan fingerprint density at radius 1 is 1.44 bits per heavy atom. The Hall–Kier alpha value is -0.840. The molecule has 1 heterocycles. The maximum absolute atomic E-state index is 11.3. The molecular weight excluding hydrogens is 246 g/mol. The van der Waals surface area contributed by atoms with Gasteiger partial charge in [-0.15, -0.1) is 0 Å². The normalized spacial score (nSPS) is 14.8. The van der Waals surface area contributed by atoms with Crippen molar-refractivity contribution >= 4 is 16.7 Å². The van der Waals surface area contributed by atoms with Crippen molar-refractivity contribution in [3.8, 4) is 0 Å². The average molecular weight is 271 g/mol. The van der Waals surface area contributed by atoms with Gasteiger partial charge in [0.05, 0.1) is 5.69 Å². The molecule has 1 N–H and O–H groups in total. The molecule has 104 valence electrons. The molecule has 2 unspecified atom stereocenters. The molecule has 1 aromatic rings. The second-order valence-corrected chi connectivity index (χ2v) is 7.07. The summed E-state index contributed by atoms with van der Waals surface area (Å²) in [6.07, 6.45) is 4.73. The number of hydrogen-bond acceptors (Lipinski definition) is 3. The molecule has 4 nitrogen and oxygen atoms in total. The summed E-state index contributed by atoms with van der Waals surface area (Å²) < 4.78 is 13.5. The summed E-state index contributed by atoms with van der Waals surface area (Å²) >= 11 is 0. The number of aryl methyl sites for hydroxylation is 2. The van der Waals surface area contributed by atoms with Crippen molar-refractivity contribution in [2.75, 3.05) is 18.1 Å². The van der Waals surface area contributed by atoms with E-state index in [4.69, 9.17) is 0 Å². The van der Waals surface area contributed by atoms with Crippen molar-refractivity contribution in [1.82, 2.24) is 9.55 Å². The first kappa shape index (κ1) is 15.2. The predicted octanol–water partition coefficient (Wildman–Crippen LogP) is 2.42. The number of nitrogens with one attached hydrogen (secondary N) is 1. The number of hydrogen-bond donors (Lipinski definition) is 1. The smallest absolute Gasteiger partial charge is 0.203 e. The lowest BCUT2D eigenvalue weighted by atomic mass is 10.2. The molecule has 0 fully saturated rings. The molecule has 0 aromatic carbocycles. The Bertz CT molecular complexity index is 401. The van der Waals surface area contributed by atoms with Crippen LogP contribution in [0.3, 0.4) is 0 Å². The fourth-order valence-electron chi connectivity index (χ4n) is 1.64. The first-order valence-corrected chi connectivity index (χ1v) is 8.12. The minimum atomic E-state index is -0.749. The van der Waals surface area contributed by atoms with Crippen LogP contribution in [0.1, 0.15) is 32.9 Å². The molecule has 0 amide bonds. The molecule has 0 aliphatic carbocycles. The molecule has 0 radical (unpaired) electrons. The summed E-state index contributed by atoms with van der Waals surface area (Å²) in [6.45, 7) is 10.2. The quantitative estimate of drug-likeness (QED) is 0.828. The van der Waals surface area contributed by atoms with Crippen LogP contribution >= 0.6 is 0 Å². The van der Waals surface area contributed by atoms with Gasteiger partial charge in [-0.2, -0.15) is 0 Å². The van der Waals surface area contributed by atoms with E-state index in [0.717, 1.165) is 31.2 Å². The van der Waals surface area contributed by atoms with Crippen LogP contribution in [-0.4, -0.2) is 31.8 Å². The molecule has 5 heteroatoms. The van der Waals surface area contributed by atoms with E-state index in [1.54, 1.807) is 6.26 Å². The van der Waals surface area contributed by atoms with E-state index in [1.807, 2.05) is 20.0 Å². The van der Waals surface area contributed by atoms with E-state index in [-0.39, 0.29) is 5.25 Å². The number of rotatable bonds is 7. The molecule has 0 saturated carbocycles. The van der Waals surface area contributed by atoms with Crippen molar-refractivity contribution in [3.05, 3.63) is 11.9 Å². The number of anilines is 1. The fourth-order valence-corrected chi connectivity index (χ4v) is 2.08. The lowest BCUT2D eigenvalue weighted by Crippen LogP contribution is -2.16. The second kappa shape index (κ2) is 6.92. The molecule has 0 aliphatic rings. The molecule has 1 aromatic heterocycles. The topological polar surface area (TPSA) is 46.9 Å². The van der Waals surface area contributed by atoms with Crippen LogP contribution in [0.25, 0.3) is 0 Å². The van der Waals surface area contributed by atoms with E-state index in [1.165, 1.54) is 0 Å². The van der Waals surface area contributed by atoms with Crippen molar-refractivity contribution < 1.29 is 4.21 Å². The first-order valence-electron chi connectivity index (χ1n) is 6.50. The van der Waals surface area contributed by atoms with Crippen molar-refractivity contribution in [1.29, 1.82) is 0 Å². The summed E-state index contributed by atoms with van der Waals surface area (Å²) in [5.41, 5.74) is 1.02. The molecule has 0 saturated heterocycles. The molecule has 0 bridgehead atoms. The number of imidazole rings is 1. The Balaban J connectivity index is 2.61. The minimum Gasteiger partial charge on any atom is -0.355 e. The highest BCUT2D eigenvalue weighted by Gasteiger charge is 2.10. The number of nitrogens with zero attached hydrogens (tertiary/aromatic N) is 2. The Kier molecular flexibility index (Phi) is 5.85. The summed E-state index contributed by atoms with van der Waals surface area (Å²) in [5.74, 6) is 1.52. The zero-order chi connectivity index (χ0) is 13.7. The van der Waals surface area contributed by atoms with Crippen LogP contribution in [-0.2, 0) is 17.3 Å². The van der Waals surface area contributed by atoms with Gasteiger partial charge in [0.2, 0.25) is 5.95 Å². The van der Waals surface area contributed by atoms with Gasteiger partial charge in [-0.05, 0) is 19.3 Å². The Labute approximate surface area is 113 Å². The highest BCUT2D eigenvalue weighted by atomic mass is 32.2. The molecule has 2 atom stereocenters. The third kappa shape index (κ3) is 4.80. The highest BCUT2D eigenvalue weighted by molar-refractivity contribution is 7.84. The van der Waals surface area contributed by atoms with Gasteiger partial charge in [0, 0.05) is 41.6 Å². The Morgan fingerprint density at radius 2 is 2.11 bits per heavy atom. The summed E-state index contributed by atoms with van der Waals surface area (Å²) in [6, 6.07) is 0. The molecule has 18 heavy (non-hydrogen) atoms. The summed E-state index contributed by atoms with van der Waals surface area (Å²) in [5, 5.41) is 3.59. The van der Waals surface area contributed by atoms with E-state index in [9.17, 15) is 4.21 Å². The van der Waals surface area contributed by atoms with E-state index in [0.29, 0.717) is 5.92 Å². The van der Waals surface area contributed by atoms with Crippen LogP contribution in [0.2, 0.25) is 0 Å². The van der Waals surface area contributed by atoms with Crippen molar-refractivity contribution in [2.24, 2.45) is 5.92 Å². The number of aromatic nitrogens is 2. The van der Waals surface area contributed by atoms with Crippen molar-refractivity contribution in [2.45, 2.75) is 45.9 Å². The van der Waals surface area contributed by atoms with E-state index in [2.05, 4.69) is 28.7 Å². The molecule has 1 rings (SSSR count). The van der Waals surface area contributed by atoms with E-state index < -0.39 is 10.8 Å². The van der Waals surface area contributed by atoms with Gasteiger partial charge in [-0.3, -0.25) is 4.21 Å². The maximum atomic E-state index is 11.3. The monoisotopic (exact) mass is 271 g/mol. The molecule has 0 aliphatic heterocycles. The maximum Gasteiger partial charge on any atom is 0.203 e. The van der Waals surface area contributed by atoms with E-state index >= 15 is 0 Å². The first-order chi connectivity index (χ1) is 8.40. The highest BCUT2D eigenvalue weighted by Crippen LogP contribution is 2.12. The van der Waals surface area contributed by atoms with Crippen LogP contribution < -0.4 is 5.32 Å². The Morgan fingerprint density at radius 3 is 2.67 bits per heavy atom. The van der Waals surface area contributed by atoms with Crippen molar-refractivity contribution in [3.63, 3.8) is 0 Å². The van der Waals surface area contributed by atoms with Gasteiger partial charge in [0.25, 0.3) is 0 Å². The largest absolute Gasteiger partial charge is 0.355 e. The fraction of sp³-hybridized carbons (Fsp3) is 0.769. The second-order valence-electron chi connectivity index (χ2n) is 5.27. The summed E-state index contributed by atoms with van der Waals surface area (Å²) in [7, 11) is -0.749. The molecular formula is C13H25N3OS. The summed E-state index contributed by atoms with van der Waals surface area (Å²) in [4.78, 5) is 4.48. The lowest BCUT2D eigenvalue weighted by Gasteiger charge is -2.13. The van der Waals surface area contributed by atoms with Gasteiger partial charge in [0.15, 0.2) is 0 Å². The SMILES string of the molecule is Cc1cn(CCC(C)S(C)=O)c(NCC(C)C)n1. The lowest BCUT2D eigenvalue weighted by molar-refractivity contribution is 0.615. The third-order valence-electron chi connectivity index (χ3n) is 2.91. The molecule has 0 spiro atoms. The zero-order valence-corrected chi connectivity index (χ0v) is 12.9. The van der Waals surface area contributed by atoms with Crippen LogP contribution in [0.4, 0.5) is 5.95 Å². The standard InChI is InChI=1S/C13H25N3OS/c1-10(2)8-14-13-15-11(3)9-16(13)7-6-12(4)18(5)17/h9-10,12H,6-8H2,1-5H3,(H,14,15). The van der Waals surface area contributed by atoms with Gasteiger partial charge >= 0.3 is 0 Å². The van der Waals surface area contributed by atoms with Crippen LogP contribution in [0.15, 0.2) is 6.20 Å². The minimum absolute atomic E-state index is 0.227. The zero-order valence-electron chi connectivity index (χ0n) is 12.1. The van der Waals surface area contributed by atoms with Gasteiger partial charge in [0.1, 0.15) is 0 Å². The van der Waals surface area contributed by atoms with Gasteiger partial charge < -0.3 is 9.88 Å². The van der Waals surface area contributed by atoms with Gasteiger partial charge in [-0.1, -0.05) is 20.8 Å². The third-order valence-corrected chi connectivity index (χ3v) is 4.28. The van der Waals surface area contributed by atoms with Crippen LogP contribution in [0.5, 0.6) is 0 Å². The van der Waals surface area contributed by atoms with Crippen LogP contribution in [0, 0.1) is 12.8 Å². The van der Waals surface area contributed by atoms with Gasteiger partial charge in [-0.25, -0.2) is 4.98 Å². The predicted molar refractivity (Wildman–Crippen MR) is 78.4 cm³/mol.